The topological polar surface area (TPSA) is 69.7 Å². The van der Waals surface area contributed by atoms with Gasteiger partial charge in [0.15, 0.2) is 5.92 Å². The van der Waals surface area contributed by atoms with Gasteiger partial charge in [0.1, 0.15) is 5.78 Å². The molecule has 21 heavy (non-hydrogen) atoms. The third kappa shape index (κ3) is 4.69. The first kappa shape index (κ1) is 17.4. The Morgan fingerprint density at radius 2 is 1.81 bits per heavy atom. The molecule has 2 unspecified atom stereocenters. The third-order valence-corrected chi connectivity index (χ3v) is 4.13. The molecule has 0 heterocycles. The molecule has 1 saturated carbocycles. The minimum atomic E-state index is -1.01. The summed E-state index contributed by atoms with van der Waals surface area (Å²) in [4.78, 5) is 36.1. The highest BCUT2D eigenvalue weighted by Gasteiger charge is 2.39. The molecule has 0 radical (unpaired) electrons. The summed E-state index contributed by atoms with van der Waals surface area (Å²) in [5, 5.41) is 0. The highest BCUT2D eigenvalue weighted by molar-refractivity contribution is 5.96. The van der Waals surface area contributed by atoms with E-state index in [0.29, 0.717) is 12.8 Å². The summed E-state index contributed by atoms with van der Waals surface area (Å²) in [6.45, 7) is 3.68. The molecule has 118 valence electrons. The molecular weight excluding hydrogens is 272 g/mol. The lowest BCUT2D eigenvalue weighted by molar-refractivity contribution is -0.162. The van der Waals surface area contributed by atoms with E-state index in [1.54, 1.807) is 6.08 Å². The van der Waals surface area contributed by atoms with Gasteiger partial charge in [0.25, 0.3) is 0 Å². The van der Waals surface area contributed by atoms with E-state index in [1.165, 1.54) is 14.2 Å². The first-order valence-corrected chi connectivity index (χ1v) is 7.34. The molecule has 0 N–H and O–H groups in total. The molecule has 5 nitrogen and oxygen atoms in total. The third-order valence-electron chi connectivity index (χ3n) is 4.13. The maximum absolute atomic E-state index is 12.3. The zero-order valence-electron chi connectivity index (χ0n) is 12.8. The standard InChI is InChI=1S/C16H24O5/c1-4-7-11-8-5-6-9-12(10-13(11)17)14(15(18)20-2)16(19)21-3/h4,11-12,14H,1,5-10H2,2-3H3. The van der Waals surface area contributed by atoms with Crippen molar-refractivity contribution in [1.29, 1.82) is 0 Å². The summed E-state index contributed by atoms with van der Waals surface area (Å²) in [7, 11) is 2.48. The lowest BCUT2D eigenvalue weighted by Crippen LogP contribution is -2.36. The molecular formula is C16H24O5. The zero-order valence-corrected chi connectivity index (χ0v) is 12.8. The molecule has 2 atom stereocenters. The van der Waals surface area contributed by atoms with Crippen molar-refractivity contribution in [3.05, 3.63) is 12.7 Å². The number of ether oxygens (including phenoxy) is 2. The Morgan fingerprint density at radius 3 is 2.33 bits per heavy atom. The Kier molecular flexibility index (Phi) is 7.12. The molecule has 0 aromatic rings. The van der Waals surface area contributed by atoms with Crippen LogP contribution >= 0.6 is 0 Å². The Hall–Kier alpha value is -1.65. The number of allylic oxidation sites excluding steroid dienone is 1. The maximum atomic E-state index is 12.3. The molecule has 5 heteroatoms. The average molecular weight is 296 g/mol. The van der Waals surface area contributed by atoms with Gasteiger partial charge in [0.2, 0.25) is 0 Å². The van der Waals surface area contributed by atoms with E-state index in [0.717, 1.165) is 19.3 Å². The summed E-state index contributed by atoms with van der Waals surface area (Å²) in [5.41, 5.74) is 0. The van der Waals surface area contributed by atoms with E-state index in [-0.39, 0.29) is 24.0 Å². The van der Waals surface area contributed by atoms with Crippen LogP contribution in [0.4, 0.5) is 0 Å². The summed E-state index contributed by atoms with van der Waals surface area (Å²) in [6, 6.07) is 0. The summed E-state index contributed by atoms with van der Waals surface area (Å²) in [6.07, 6.45) is 5.91. The van der Waals surface area contributed by atoms with Crippen molar-refractivity contribution < 1.29 is 23.9 Å². The normalized spacial score (nSPS) is 23.1. The van der Waals surface area contributed by atoms with Crippen LogP contribution in [0.15, 0.2) is 12.7 Å². The Labute approximate surface area is 125 Å². The van der Waals surface area contributed by atoms with Crippen molar-refractivity contribution in [2.75, 3.05) is 14.2 Å². The molecule has 1 rings (SSSR count). The molecule has 0 bridgehead atoms. The van der Waals surface area contributed by atoms with Crippen LogP contribution in [0.5, 0.6) is 0 Å². The van der Waals surface area contributed by atoms with Crippen LogP contribution in [0.3, 0.4) is 0 Å². The Bertz CT molecular complexity index is 385. The molecule has 0 spiro atoms. The first-order valence-electron chi connectivity index (χ1n) is 7.34. The van der Waals surface area contributed by atoms with Gasteiger partial charge < -0.3 is 9.47 Å². The van der Waals surface area contributed by atoms with Gasteiger partial charge in [-0.1, -0.05) is 18.9 Å². The van der Waals surface area contributed by atoms with Crippen molar-refractivity contribution in [2.45, 2.75) is 38.5 Å². The summed E-state index contributed by atoms with van der Waals surface area (Å²) in [5.74, 6) is -2.56. The molecule has 0 saturated heterocycles. The summed E-state index contributed by atoms with van der Waals surface area (Å²) >= 11 is 0. The van der Waals surface area contributed by atoms with Gasteiger partial charge in [0.05, 0.1) is 14.2 Å². The van der Waals surface area contributed by atoms with E-state index in [4.69, 9.17) is 9.47 Å². The fourth-order valence-corrected chi connectivity index (χ4v) is 2.96. The fraction of sp³-hybridized carbons (Fsp3) is 0.688. The quantitative estimate of drug-likeness (QED) is 0.442. The van der Waals surface area contributed by atoms with Gasteiger partial charge in [-0.3, -0.25) is 14.4 Å². The molecule has 0 amide bonds. The monoisotopic (exact) mass is 296 g/mol. The van der Waals surface area contributed by atoms with Gasteiger partial charge >= 0.3 is 11.9 Å². The van der Waals surface area contributed by atoms with Crippen molar-refractivity contribution in [1.82, 2.24) is 0 Å². The van der Waals surface area contributed by atoms with Crippen molar-refractivity contribution >= 4 is 17.7 Å². The Balaban J connectivity index is 2.90. The molecule has 0 aromatic heterocycles. The number of carbonyl (C=O) groups excluding carboxylic acids is 3. The molecule has 1 fully saturated rings. The minimum absolute atomic E-state index is 0.0544. The van der Waals surface area contributed by atoms with Gasteiger partial charge in [-0.15, -0.1) is 6.58 Å². The highest BCUT2D eigenvalue weighted by atomic mass is 16.5. The second kappa shape index (κ2) is 8.60. The number of esters is 2. The lowest BCUT2D eigenvalue weighted by atomic mass is 9.77. The molecule has 1 aliphatic rings. The number of rotatable bonds is 5. The SMILES string of the molecule is C=CCC1CCCCC(C(C(=O)OC)C(=O)OC)CC1=O. The lowest BCUT2D eigenvalue weighted by Gasteiger charge is -2.27. The predicted molar refractivity (Wildman–Crippen MR) is 77.4 cm³/mol. The number of Topliss-reactive ketones (excluding diaryl/α,β-unsaturated/α-hetero) is 1. The van der Waals surface area contributed by atoms with Gasteiger partial charge in [-0.25, -0.2) is 0 Å². The molecule has 0 aromatic carbocycles. The van der Waals surface area contributed by atoms with Crippen LogP contribution in [0.25, 0.3) is 0 Å². The van der Waals surface area contributed by atoms with E-state index < -0.39 is 17.9 Å². The van der Waals surface area contributed by atoms with Crippen LogP contribution < -0.4 is 0 Å². The average Bonchev–Trinajstić information content (AvgIpc) is 2.47. The van der Waals surface area contributed by atoms with E-state index in [1.807, 2.05) is 0 Å². The van der Waals surface area contributed by atoms with Gasteiger partial charge in [-0.05, 0) is 25.2 Å². The van der Waals surface area contributed by atoms with E-state index >= 15 is 0 Å². The van der Waals surface area contributed by atoms with Crippen molar-refractivity contribution in [3.8, 4) is 0 Å². The number of ketones is 1. The van der Waals surface area contributed by atoms with Gasteiger partial charge in [-0.2, -0.15) is 0 Å². The summed E-state index contributed by atoms with van der Waals surface area (Å²) < 4.78 is 9.41. The zero-order chi connectivity index (χ0) is 15.8. The minimum Gasteiger partial charge on any atom is -0.468 e. The fourth-order valence-electron chi connectivity index (χ4n) is 2.96. The largest absolute Gasteiger partial charge is 0.468 e. The van der Waals surface area contributed by atoms with Crippen LogP contribution in [0.2, 0.25) is 0 Å². The number of hydrogen-bond donors (Lipinski definition) is 0. The molecule has 1 aliphatic carbocycles. The van der Waals surface area contributed by atoms with Gasteiger partial charge in [0, 0.05) is 12.3 Å². The van der Waals surface area contributed by atoms with Crippen molar-refractivity contribution in [2.24, 2.45) is 17.8 Å². The number of methoxy groups -OCH3 is 2. The first-order chi connectivity index (χ1) is 10.0. The van der Waals surface area contributed by atoms with E-state index in [9.17, 15) is 14.4 Å². The smallest absolute Gasteiger partial charge is 0.320 e. The van der Waals surface area contributed by atoms with E-state index in [2.05, 4.69) is 6.58 Å². The number of carbonyl (C=O) groups is 3. The highest BCUT2D eigenvalue weighted by Crippen LogP contribution is 2.31. The number of hydrogen-bond acceptors (Lipinski definition) is 5. The van der Waals surface area contributed by atoms with Crippen LogP contribution in [0, 0.1) is 17.8 Å². The predicted octanol–water partition coefficient (Wildman–Crippen LogP) is 2.29. The maximum Gasteiger partial charge on any atom is 0.320 e. The second-order valence-electron chi connectivity index (χ2n) is 5.46. The molecule has 0 aliphatic heterocycles. The van der Waals surface area contributed by atoms with Crippen LogP contribution in [-0.4, -0.2) is 31.9 Å². The van der Waals surface area contributed by atoms with Crippen LogP contribution in [0.1, 0.15) is 38.5 Å². The van der Waals surface area contributed by atoms with Crippen LogP contribution in [-0.2, 0) is 23.9 Å². The Morgan fingerprint density at radius 1 is 1.24 bits per heavy atom. The van der Waals surface area contributed by atoms with Crippen molar-refractivity contribution in [3.63, 3.8) is 0 Å². The second-order valence-corrected chi connectivity index (χ2v) is 5.46.